The summed E-state index contributed by atoms with van der Waals surface area (Å²) in [6, 6.07) is 33.8. The molecular formula is C28H22N4O. The summed E-state index contributed by atoms with van der Waals surface area (Å²) in [7, 11) is 0. The van der Waals surface area contributed by atoms with Gasteiger partial charge < -0.3 is 0 Å². The number of hydrazone groups is 1. The molecule has 4 aromatic carbocycles. The Morgan fingerprint density at radius 2 is 1.61 bits per heavy atom. The van der Waals surface area contributed by atoms with Crippen molar-refractivity contribution in [1.29, 1.82) is 0 Å². The molecule has 0 unspecified atom stereocenters. The number of nitrogens with zero attached hydrogens (tertiary/aromatic N) is 3. The first kappa shape index (κ1) is 20.4. The smallest absolute Gasteiger partial charge is 0.265 e. The first-order chi connectivity index (χ1) is 16.2. The number of nitrogens with one attached hydrogen (secondary N) is 1. The van der Waals surface area contributed by atoms with Crippen LogP contribution in [-0.4, -0.2) is 21.9 Å². The zero-order valence-electron chi connectivity index (χ0n) is 18.1. The average molecular weight is 431 g/mol. The van der Waals surface area contributed by atoms with Gasteiger partial charge in [0.15, 0.2) is 5.69 Å². The summed E-state index contributed by atoms with van der Waals surface area (Å²) in [5.41, 5.74) is 7.66. The molecule has 0 fully saturated rings. The van der Waals surface area contributed by atoms with Crippen LogP contribution in [0.4, 0.5) is 0 Å². The molecule has 0 saturated heterocycles. The largest absolute Gasteiger partial charge is 0.291 e. The maximum absolute atomic E-state index is 12.9. The summed E-state index contributed by atoms with van der Waals surface area (Å²) in [6.07, 6.45) is 1.65. The highest BCUT2D eigenvalue weighted by atomic mass is 16.2. The molecule has 0 atom stereocenters. The lowest BCUT2D eigenvalue weighted by Crippen LogP contribution is -2.18. The van der Waals surface area contributed by atoms with E-state index in [1.165, 1.54) is 0 Å². The fourth-order valence-electron chi connectivity index (χ4n) is 3.85. The van der Waals surface area contributed by atoms with Gasteiger partial charge >= 0.3 is 0 Å². The highest BCUT2D eigenvalue weighted by molar-refractivity contribution is 5.99. The van der Waals surface area contributed by atoms with Crippen LogP contribution in [0.15, 0.2) is 108 Å². The van der Waals surface area contributed by atoms with E-state index in [0.717, 1.165) is 38.8 Å². The normalized spacial score (nSPS) is 11.2. The number of hydrogen-bond acceptors (Lipinski definition) is 3. The fraction of sp³-hybridized carbons (Fsp3) is 0.0357. The van der Waals surface area contributed by atoms with Gasteiger partial charge in [0.2, 0.25) is 0 Å². The molecular weight excluding hydrogens is 408 g/mol. The Kier molecular flexibility index (Phi) is 5.52. The van der Waals surface area contributed by atoms with Crippen LogP contribution in [0.1, 0.15) is 21.6 Å². The van der Waals surface area contributed by atoms with Crippen molar-refractivity contribution in [1.82, 2.24) is 15.2 Å². The minimum atomic E-state index is -0.365. The van der Waals surface area contributed by atoms with Crippen LogP contribution in [0, 0.1) is 6.92 Å². The van der Waals surface area contributed by atoms with Crippen LogP contribution in [0.2, 0.25) is 0 Å². The van der Waals surface area contributed by atoms with Gasteiger partial charge in [-0.25, -0.2) is 10.1 Å². The lowest BCUT2D eigenvalue weighted by atomic mass is 10.0. The Hall–Kier alpha value is -4.51. The molecule has 160 valence electrons. The number of aryl methyl sites for hydroxylation is 1. The first-order valence-corrected chi connectivity index (χ1v) is 10.7. The number of carbonyl (C=O) groups excluding carboxylic acids is 1. The molecule has 0 radical (unpaired) electrons. The number of amides is 1. The van der Waals surface area contributed by atoms with E-state index in [9.17, 15) is 4.79 Å². The molecule has 1 heterocycles. The minimum Gasteiger partial charge on any atom is -0.265 e. The Balaban J connectivity index is 1.54. The van der Waals surface area contributed by atoms with Gasteiger partial charge in [0.05, 0.1) is 17.6 Å². The predicted octanol–water partition coefficient (Wildman–Crippen LogP) is 5.76. The molecule has 33 heavy (non-hydrogen) atoms. The number of rotatable bonds is 5. The van der Waals surface area contributed by atoms with Crippen molar-refractivity contribution in [2.75, 3.05) is 0 Å². The van der Waals surface area contributed by atoms with Crippen molar-refractivity contribution < 1.29 is 4.79 Å². The molecule has 5 aromatic rings. The van der Waals surface area contributed by atoms with Crippen molar-refractivity contribution in [3.8, 4) is 16.9 Å². The molecule has 0 aliphatic carbocycles. The van der Waals surface area contributed by atoms with Gasteiger partial charge in [-0.3, -0.25) is 4.79 Å². The molecule has 0 spiro atoms. The van der Waals surface area contributed by atoms with Gasteiger partial charge in [-0.15, -0.1) is 0 Å². The Morgan fingerprint density at radius 3 is 2.45 bits per heavy atom. The first-order valence-electron chi connectivity index (χ1n) is 10.7. The van der Waals surface area contributed by atoms with Gasteiger partial charge in [-0.1, -0.05) is 84.9 Å². The van der Waals surface area contributed by atoms with Crippen molar-refractivity contribution in [3.05, 3.63) is 120 Å². The number of para-hydroxylation sites is 1. The Labute approximate surface area is 192 Å². The maximum Gasteiger partial charge on any atom is 0.291 e. The van der Waals surface area contributed by atoms with E-state index in [1.807, 2.05) is 90.5 Å². The Morgan fingerprint density at radius 1 is 0.879 bits per heavy atom. The molecule has 5 rings (SSSR count). The lowest BCUT2D eigenvalue weighted by molar-refractivity contribution is 0.0949. The molecule has 0 bridgehead atoms. The third-order valence-corrected chi connectivity index (χ3v) is 5.57. The van der Waals surface area contributed by atoms with Crippen molar-refractivity contribution in [3.63, 3.8) is 0 Å². The van der Waals surface area contributed by atoms with Gasteiger partial charge in [-0.2, -0.15) is 10.2 Å². The summed E-state index contributed by atoms with van der Waals surface area (Å²) in [5, 5.41) is 11.0. The third-order valence-electron chi connectivity index (χ3n) is 5.57. The van der Waals surface area contributed by atoms with E-state index < -0.39 is 0 Å². The summed E-state index contributed by atoms with van der Waals surface area (Å²) in [4.78, 5) is 12.9. The van der Waals surface area contributed by atoms with E-state index in [2.05, 4.69) is 39.9 Å². The van der Waals surface area contributed by atoms with E-state index >= 15 is 0 Å². The Bertz CT molecular complexity index is 1460. The third kappa shape index (κ3) is 4.16. The number of fused-ring (bicyclic) bond motifs is 1. The molecule has 1 aromatic heterocycles. The van der Waals surface area contributed by atoms with Gasteiger partial charge in [0.1, 0.15) is 0 Å². The van der Waals surface area contributed by atoms with E-state index in [-0.39, 0.29) is 5.91 Å². The quantitative estimate of drug-likeness (QED) is 0.284. The average Bonchev–Trinajstić information content (AvgIpc) is 3.31. The lowest BCUT2D eigenvalue weighted by Gasteiger charge is -2.10. The highest BCUT2D eigenvalue weighted by Crippen LogP contribution is 2.31. The van der Waals surface area contributed by atoms with Crippen molar-refractivity contribution >= 4 is 22.9 Å². The van der Waals surface area contributed by atoms with Gasteiger partial charge in [0.25, 0.3) is 5.91 Å². The molecule has 0 saturated carbocycles. The summed E-state index contributed by atoms with van der Waals surface area (Å²) < 4.78 is 1.81. The zero-order valence-corrected chi connectivity index (χ0v) is 18.1. The number of benzene rings is 4. The summed E-state index contributed by atoms with van der Waals surface area (Å²) in [5.74, 6) is -0.365. The van der Waals surface area contributed by atoms with Crippen molar-refractivity contribution in [2.24, 2.45) is 5.10 Å². The maximum atomic E-state index is 12.9. The SMILES string of the molecule is Cc1ccccc1/C=N\NC(=O)c1cc(-c2cccc3ccccc23)n(-c2ccccc2)n1. The molecule has 5 nitrogen and oxygen atoms in total. The standard InChI is InChI=1S/C28H22N4O/c1-20-10-5-6-12-22(20)19-29-30-28(33)26-18-27(32(31-26)23-14-3-2-4-15-23)25-17-9-13-21-11-7-8-16-24(21)25/h2-19H,1H3,(H,30,33)/b29-19-. The second-order valence-corrected chi connectivity index (χ2v) is 7.74. The molecule has 5 heteroatoms. The van der Waals surface area contributed by atoms with Crippen LogP contribution >= 0.6 is 0 Å². The van der Waals surface area contributed by atoms with E-state index in [0.29, 0.717) is 5.69 Å². The van der Waals surface area contributed by atoms with E-state index in [1.54, 1.807) is 6.21 Å². The molecule has 1 N–H and O–H groups in total. The monoisotopic (exact) mass is 430 g/mol. The van der Waals surface area contributed by atoms with Crippen LogP contribution in [0.5, 0.6) is 0 Å². The van der Waals surface area contributed by atoms with Crippen LogP contribution in [0.3, 0.4) is 0 Å². The number of hydrogen-bond donors (Lipinski definition) is 1. The topological polar surface area (TPSA) is 59.3 Å². The molecule has 1 amide bonds. The van der Waals surface area contributed by atoms with Gasteiger partial charge in [-0.05, 0) is 47.0 Å². The van der Waals surface area contributed by atoms with Crippen molar-refractivity contribution in [2.45, 2.75) is 6.92 Å². The fourth-order valence-corrected chi connectivity index (χ4v) is 3.85. The van der Waals surface area contributed by atoms with E-state index in [4.69, 9.17) is 0 Å². The van der Waals surface area contributed by atoms with Crippen LogP contribution < -0.4 is 5.43 Å². The zero-order chi connectivity index (χ0) is 22.6. The second-order valence-electron chi connectivity index (χ2n) is 7.74. The van der Waals surface area contributed by atoms with Crippen LogP contribution in [-0.2, 0) is 0 Å². The number of carbonyl (C=O) groups is 1. The number of aromatic nitrogens is 2. The van der Waals surface area contributed by atoms with Gasteiger partial charge in [0, 0.05) is 5.56 Å². The summed E-state index contributed by atoms with van der Waals surface area (Å²) in [6.45, 7) is 2.00. The minimum absolute atomic E-state index is 0.295. The molecule has 0 aliphatic rings. The summed E-state index contributed by atoms with van der Waals surface area (Å²) >= 11 is 0. The predicted molar refractivity (Wildman–Crippen MR) is 133 cm³/mol. The second kappa shape index (κ2) is 8.93. The molecule has 0 aliphatic heterocycles. The highest BCUT2D eigenvalue weighted by Gasteiger charge is 2.18. The van der Waals surface area contributed by atoms with Crippen LogP contribution in [0.25, 0.3) is 27.7 Å².